The molecule has 0 N–H and O–H groups in total. The van der Waals surface area contributed by atoms with Crippen LogP contribution in [0.5, 0.6) is 5.75 Å². The number of thioether (sulfide) groups is 1. The van der Waals surface area contributed by atoms with Gasteiger partial charge in [-0.25, -0.2) is 13.6 Å². The molecular formula is C33H31F2N3O6S. The molecule has 9 nitrogen and oxygen atoms in total. The molecule has 5 atom stereocenters. The summed E-state index contributed by atoms with van der Waals surface area (Å²) in [5, 5.41) is 2.09. The number of benzene rings is 2. The van der Waals surface area contributed by atoms with Gasteiger partial charge in [-0.2, -0.15) is 0 Å². The maximum Gasteiger partial charge on any atom is 0.510 e. The molecule has 2 bridgehead atoms. The Kier molecular flexibility index (Phi) is 6.63. The molecule has 5 aliphatic rings. The molecule has 12 heteroatoms. The van der Waals surface area contributed by atoms with Crippen molar-refractivity contribution >= 4 is 23.8 Å². The number of hydrogen-bond acceptors (Lipinski definition) is 8. The van der Waals surface area contributed by atoms with Crippen molar-refractivity contribution in [2.75, 3.05) is 25.5 Å². The zero-order valence-corrected chi connectivity index (χ0v) is 25.4. The number of carbonyl (C=O) groups is 2. The van der Waals surface area contributed by atoms with E-state index < -0.39 is 42.2 Å². The number of piperidine rings is 1. The quantitative estimate of drug-likeness (QED) is 0.272. The van der Waals surface area contributed by atoms with E-state index in [1.54, 1.807) is 22.6 Å². The van der Waals surface area contributed by atoms with E-state index in [0.717, 1.165) is 43.3 Å². The Balaban J connectivity index is 1.37. The number of nitrogens with zero attached hydrogens (tertiary/aromatic N) is 3. The predicted molar refractivity (Wildman–Crippen MR) is 159 cm³/mol. The number of hydrogen-bond donors (Lipinski definition) is 0. The van der Waals surface area contributed by atoms with E-state index in [2.05, 4.69) is 9.75 Å². The fourth-order valence-electron chi connectivity index (χ4n) is 8.71. The first-order valence-electron chi connectivity index (χ1n) is 15.2. The van der Waals surface area contributed by atoms with E-state index in [1.165, 1.54) is 24.6 Å². The average molecular weight is 636 g/mol. The summed E-state index contributed by atoms with van der Waals surface area (Å²) in [5.41, 5.74) is 1.68. The topological polar surface area (TPSA) is 90.3 Å². The highest BCUT2D eigenvalue weighted by Crippen LogP contribution is 2.64. The largest absolute Gasteiger partial charge is 0.510 e. The number of aromatic nitrogens is 1. The Hall–Kier alpha value is -4.06. The second kappa shape index (κ2) is 10.5. The molecule has 0 unspecified atom stereocenters. The van der Waals surface area contributed by atoms with Crippen LogP contribution in [0, 0.1) is 28.9 Å². The van der Waals surface area contributed by atoms with Crippen molar-refractivity contribution in [1.82, 2.24) is 9.58 Å². The molecule has 1 amide bonds. The zero-order valence-electron chi connectivity index (χ0n) is 24.5. The molecule has 2 saturated carbocycles. The highest BCUT2D eigenvalue weighted by molar-refractivity contribution is 7.98. The van der Waals surface area contributed by atoms with Gasteiger partial charge in [-0.1, -0.05) is 18.2 Å². The van der Waals surface area contributed by atoms with Crippen molar-refractivity contribution in [2.24, 2.45) is 17.3 Å². The van der Waals surface area contributed by atoms with Gasteiger partial charge >= 0.3 is 6.16 Å². The molecule has 3 fully saturated rings. The molecule has 234 valence electrons. The third kappa shape index (κ3) is 4.28. The molecule has 0 radical (unpaired) electrons. The van der Waals surface area contributed by atoms with Gasteiger partial charge in [0.2, 0.25) is 18.0 Å². The van der Waals surface area contributed by atoms with Crippen molar-refractivity contribution < 1.29 is 32.6 Å². The summed E-state index contributed by atoms with van der Waals surface area (Å²) in [7, 11) is 1.15. The van der Waals surface area contributed by atoms with Gasteiger partial charge in [0.05, 0.1) is 13.2 Å². The molecule has 2 aliphatic carbocycles. The van der Waals surface area contributed by atoms with Gasteiger partial charge in [-0.15, -0.1) is 11.8 Å². The lowest BCUT2D eigenvalue weighted by Crippen LogP contribution is -2.69. The molecular weight excluding hydrogens is 604 g/mol. The van der Waals surface area contributed by atoms with E-state index >= 15 is 4.39 Å². The number of halogens is 2. The molecule has 1 spiro atoms. The first-order chi connectivity index (χ1) is 21.8. The normalized spacial score (nSPS) is 27.5. The van der Waals surface area contributed by atoms with Crippen molar-refractivity contribution in [3.05, 3.63) is 92.9 Å². The molecule has 45 heavy (non-hydrogen) atoms. The molecule has 3 aliphatic heterocycles. The van der Waals surface area contributed by atoms with Crippen LogP contribution in [0.1, 0.15) is 65.3 Å². The van der Waals surface area contributed by atoms with E-state index in [1.807, 2.05) is 29.2 Å². The van der Waals surface area contributed by atoms with Gasteiger partial charge in [0.15, 0.2) is 17.3 Å². The van der Waals surface area contributed by atoms with E-state index in [0.29, 0.717) is 29.3 Å². The molecule has 4 heterocycles. The number of carbonyl (C=O) groups excluding carboxylic acids is 2. The zero-order chi connectivity index (χ0) is 31.0. The highest BCUT2D eigenvalue weighted by Gasteiger charge is 2.62. The smallest absolute Gasteiger partial charge is 0.451 e. The maximum atomic E-state index is 15.1. The lowest BCUT2D eigenvalue weighted by molar-refractivity contribution is -0.0226. The van der Waals surface area contributed by atoms with Crippen LogP contribution in [0.3, 0.4) is 0 Å². The van der Waals surface area contributed by atoms with Crippen LogP contribution in [0.2, 0.25) is 0 Å². The number of ether oxygens (including phenoxy) is 3. The van der Waals surface area contributed by atoms with E-state index in [4.69, 9.17) is 9.47 Å². The van der Waals surface area contributed by atoms with Crippen LogP contribution in [-0.4, -0.2) is 48.3 Å². The third-order valence-corrected chi connectivity index (χ3v) is 11.7. The minimum Gasteiger partial charge on any atom is -0.451 e. The number of fused-ring (bicyclic) bond motifs is 6. The summed E-state index contributed by atoms with van der Waals surface area (Å²) in [4.78, 5) is 42.1. The van der Waals surface area contributed by atoms with Crippen molar-refractivity contribution in [1.29, 1.82) is 0 Å². The van der Waals surface area contributed by atoms with Gasteiger partial charge < -0.3 is 19.1 Å². The van der Waals surface area contributed by atoms with Crippen LogP contribution in [-0.2, 0) is 15.2 Å². The minimum atomic E-state index is -0.996. The first kappa shape index (κ1) is 28.4. The van der Waals surface area contributed by atoms with Crippen LogP contribution in [0.4, 0.5) is 13.6 Å². The SMILES string of the molecule is COC(=O)OCOc1c2n(ccc1=O)N([C@@H]1c3cc(F)c(F)cc3CSc3ccccc31)[C@@H]1[C@H]3C[C@@H]4CC[C@@]3(CCN1C2=O)C4. The molecule has 3 aromatic rings. The summed E-state index contributed by atoms with van der Waals surface area (Å²) >= 11 is 1.56. The van der Waals surface area contributed by atoms with Crippen molar-refractivity contribution in [3.63, 3.8) is 0 Å². The summed E-state index contributed by atoms with van der Waals surface area (Å²) in [6.07, 6.45) is 5.37. The standard InChI is InChI=1S/C33H31F2N3O6S/c1-42-32(41)44-17-43-29-25(39)7-10-37-28(29)31(40)36-11-9-33-8-6-18(15-33)12-22(33)30(36)38(37)27-20-4-2-3-5-26(20)45-16-19-13-23(34)24(35)14-21(19)27/h2-5,7,10,13-14,18,22,27,30H,6,8-9,11-12,15-17H2,1H3/t18-,22+,27-,30+,33+/m0/s1. The van der Waals surface area contributed by atoms with Crippen LogP contribution >= 0.6 is 11.8 Å². The van der Waals surface area contributed by atoms with Gasteiger partial charge in [0.25, 0.3) is 5.91 Å². The Bertz CT molecular complexity index is 1800. The van der Waals surface area contributed by atoms with Crippen LogP contribution < -0.4 is 15.2 Å². The Morgan fingerprint density at radius 2 is 1.91 bits per heavy atom. The number of rotatable bonds is 4. The predicted octanol–water partition coefficient (Wildman–Crippen LogP) is 5.57. The van der Waals surface area contributed by atoms with Gasteiger partial charge in [0.1, 0.15) is 6.17 Å². The van der Waals surface area contributed by atoms with Gasteiger partial charge in [-0.05, 0) is 78.3 Å². The second-order valence-corrected chi connectivity index (χ2v) is 13.6. The average Bonchev–Trinajstić information content (AvgIpc) is 3.58. The molecule has 8 rings (SSSR count). The van der Waals surface area contributed by atoms with Crippen molar-refractivity contribution in [2.45, 2.75) is 55.0 Å². The number of pyridine rings is 1. The van der Waals surface area contributed by atoms with E-state index in [-0.39, 0.29) is 28.7 Å². The van der Waals surface area contributed by atoms with Crippen LogP contribution in [0.15, 0.2) is 58.4 Å². The maximum absolute atomic E-state index is 15.1. The lowest BCUT2D eigenvalue weighted by Gasteiger charge is -2.58. The van der Waals surface area contributed by atoms with E-state index in [9.17, 15) is 18.8 Å². The Morgan fingerprint density at radius 3 is 2.73 bits per heavy atom. The second-order valence-electron chi connectivity index (χ2n) is 12.6. The van der Waals surface area contributed by atoms with Crippen LogP contribution in [0.25, 0.3) is 0 Å². The van der Waals surface area contributed by atoms with Gasteiger partial charge in [-0.3, -0.25) is 19.3 Å². The fraction of sp³-hybridized carbons (Fsp3) is 0.424. The number of amides is 1. The minimum absolute atomic E-state index is 0.00941. The van der Waals surface area contributed by atoms with Gasteiger partial charge in [0, 0.05) is 35.4 Å². The monoisotopic (exact) mass is 635 g/mol. The third-order valence-electron chi connectivity index (χ3n) is 10.6. The summed E-state index contributed by atoms with van der Waals surface area (Å²) < 4.78 is 46.6. The molecule has 1 aromatic heterocycles. The van der Waals surface area contributed by atoms with Crippen molar-refractivity contribution in [3.8, 4) is 5.75 Å². The lowest BCUT2D eigenvalue weighted by atomic mass is 9.67. The molecule has 2 aromatic carbocycles. The number of methoxy groups -OCH3 is 1. The highest BCUT2D eigenvalue weighted by atomic mass is 32.2. The Morgan fingerprint density at radius 1 is 1.09 bits per heavy atom. The first-order valence-corrected chi connectivity index (χ1v) is 16.2. The fourth-order valence-corrected chi connectivity index (χ4v) is 9.79. The summed E-state index contributed by atoms with van der Waals surface area (Å²) in [6, 6.07) is 11.1. The molecule has 1 saturated heterocycles. The summed E-state index contributed by atoms with van der Waals surface area (Å²) in [6.45, 7) is -0.155. The Labute approximate surface area is 262 Å². The summed E-state index contributed by atoms with van der Waals surface area (Å²) in [5.74, 6) is -1.32.